The third-order valence-electron chi connectivity index (χ3n) is 3.94. The van der Waals surface area contributed by atoms with Crippen molar-refractivity contribution < 1.29 is 9.90 Å². The highest BCUT2D eigenvalue weighted by atomic mass is 79.9. The summed E-state index contributed by atoms with van der Waals surface area (Å²) in [7, 11) is 0. The zero-order chi connectivity index (χ0) is 14.8. The number of halogens is 1. The maximum Gasteiger partial charge on any atom is 0.329 e. The number of rotatable bonds is 4. The Morgan fingerprint density at radius 1 is 1.60 bits per heavy atom. The van der Waals surface area contributed by atoms with Crippen molar-refractivity contribution in [1.29, 1.82) is 5.26 Å². The van der Waals surface area contributed by atoms with E-state index in [1.54, 1.807) is 6.07 Å². The van der Waals surface area contributed by atoms with E-state index < -0.39 is 11.5 Å². The molecule has 1 aliphatic heterocycles. The zero-order valence-corrected chi connectivity index (χ0v) is 13.0. The summed E-state index contributed by atoms with van der Waals surface area (Å²) in [6, 6.07) is 7.51. The van der Waals surface area contributed by atoms with Gasteiger partial charge in [0.05, 0.1) is 5.56 Å². The maximum atomic E-state index is 11.8. The number of benzene rings is 1. The molecule has 1 unspecified atom stereocenters. The van der Waals surface area contributed by atoms with Crippen molar-refractivity contribution in [2.45, 2.75) is 38.1 Å². The van der Waals surface area contributed by atoms with E-state index in [2.05, 4.69) is 22.0 Å². The molecule has 0 bridgehead atoms. The van der Waals surface area contributed by atoms with Gasteiger partial charge in [0, 0.05) is 16.7 Å². The van der Waals surface area contributed by atoms with Gasteiger partial charge in [-0.25, -0.2) is 4.79 Å². The third-order valence-corrected chi connectivity index (χ3v) is 4.59. The lowest BCUT2D eigenvalue weighted by Gasteiger charge is -2.36. The highest BCUT2D eigenvalue weighted by molar-refractivity contribution is 9.10. The average Bonchev–Trinajstić information content (AvgIpc) is 2.84. The number of hydrogen-bond donors (Lipinski definition) is 1. The molecule has 2 rings (SSSR count). The van der Waals surface area contributed by atoms with Crippen LogP contribution in [0.5, 0.6) is 0 Å². The zero-order valence-electron chi connectivity index (χ0n) is 11.4. The molecule has 1 heterocycles. The van der Waals surface area contributed by atoms with Gasteiger partial charge in [0.15, 0.2) is 0 Å². The Morgan fingerprint density at radius 3 is 2.90 bits per heavy atom. The Morgan fingerprint density at radius 2 is 2.35 bits per heavy atom. The Balaban J connectivity index is 2.42. The fourth-order valence-electron chi connectivity index (χ4n) is 3.02. The van der Waals surface area contributed by atoms with Gasteiger partial charge in [-0.2, -0.15) is 5.26 Å². The van der Waals surface area contributed by atoms with Gasteiger partial charge in [-0.3, -0.25) is 0 Å². The highest BCUT2D eigenvalue weighted by Crippen LogP contribution is 2.39. The van der Waals surface area contributed by atoms with E-state index in [1.807, 2.05) is 24.0 Å². The molecular weight excluding hydrogens is 320 g/mol. The summed E-state index contributed by atoms with van der Waals surface area (Å²) in [4.78, 5) is 13.8. The van der Waals surface area contributed by atoms with Crippen molar-refractivity contribution in [3.8, 4) is 6.07 Å². The van der Waals surface area contributed by atoms with Crippen LogP contribution in [0.15, 0.2) is 22.7 Å². The number of nitriles is 1. The minimum absolute atomic E-state index is 0.560. The van der Waals surface area contributed by atoms with Crippen LogP contribution in [0.1, 0.15) is 38.2 Å². The molecule has 1 fully saturated rings. The summed E-state index contributed by atoms with van der Waals surface area (Å²) in [5.74, 6) is -0.752. The molecule has 0 amide bonds. The van der Waals surface area contributed by atoms with E-state index in [1.165, 1.54) is 0 Å². The lowest BCUT2D eigenvalue weighted by molar-refractivity contribution is -0.143. The van der Waals surface area contributed by atoms with Gasteiger partial charge < -0.3 is 10.0 Å². The van der Waals surface area contributed by atoms with E-state index in [-0.39, 0.29) is 0 Å². The predicted octanol–water partition coefficient (Wildman–Crippen LogP) is 3.54. The van der Waals surface area contributed by atoms with Gasteiger partial charge in [0.2, 0.25) is 0 Å². The smallest absolute Gasteiger partial charge is 0.329 e. The van der Waals surface area contributed by atoms with Gasteiger partial charge in [0.25, 0.3) is 0 Å². The van der Waals surface area contributed by atoms with Crippen LogP contribution in [-0.2, 0) is 4.79 Å². The molecule has 5 heteroatoms. The van der Waals surface area contributed by atoms with E-state index in [9.17, 15) is 9.90 Å². The average molecular weight is 337 g/mol. The van der Waals surface area contributed by atoms with E-state index >= 15 is 0 Å². The molecule has 1 aromatic rings. The summed E-state index contributed by atoms with van der Waals surface area (Å²) < 4.78 is 0.709. The molecule has 1 N–H and O–H groups in total. The number of carboxylic acids is 1. The van der Waals surface area contributed by atoms with Crippen LogP contribution in [0, 0.1) is 11.3 Å². The van der Waals surface area contributed by atoms with Crippen molar-refractivity contribution >= 4 is 27.6 Å². The van der Waals surface area contributed by atoms with Crippen LogP contribution in [-0.4, -0.2) is 23.2 Å². The summed E-state index contributed by atoms with van der Waals surface area (Å²) in [5.41, 5.74) is 0.621. The van der Waals surface area contributed by atoms with Gasteiger partial charge >= 0.3 is 5.97 Å². The molecule has 1 aliphatic rings. The highest BCUT2D eigenvalue weighted by Gasteiger charge is 2.47. The maximum absolute atomic E-state index is 11.8. The molecule has 0 radical (unpaired) electrons. The Labute approximate surface area is 127 Å². The first-order valence-corrected chi connectivity index (χ1v) is 7.55. The second-order valence-electron chi connectivity index (χ2n) is 5.12. The second-order valence-corrected chi connectivity index (χ2v) is 5.97. The quantitative estimate of drug-likeness (QED) is 0.913. The topological polar surface area (TPSA) is 64.3 Å². The summed E-state index contributed by atoms with van der Waals surface area (Å²) >= 11 is 3.37. The van der Waals surface area contributed by atoms with Crippen LogP contribution in [0.25, 0.3) is 0 Å². The first-order chi connectivity index (χ1) is 9.55. The minimum Gasteiger partial charge on any atom is -0.479 e. The summed E-state index contributed by atoms with van der Waals surface area (Å²) in [6.45, 7) is 2.75. The SMILES string of the molecule is CCCC1(C(=O)O)CCCN1c1ccc(C#N)c(Br)c1. The van der Waals surface area contributed by atoms with Crippen LogP contribution in [0.2, 0.25) is 0 Å². The molecule has 1 aromatic carbocycles. The normalized spacial score (nSPS) is 21.8. The number of carboxylic acid groups (broad SMARTS) is 1. The lowest BCUT2D eigenvalue weighted by Crippen LogP contribution is -2.50. The van der Waals surface area contributed by atoms with Crippen molar-refractivity contribution in [2.24, 2.45) is 0 Å². The summed E-state index contributed by atoms with van der Waals surface area (Å²) in [6.07, 6.45) is 3.03. The van der Waals surface area contributed by atoms with Crippen LogP contribution < -0.4 is 4.90 Å². The van der Waals surface area contributed by atoms with Gasteiger partial charge in [-0.05, 0) is 53.4 Å². The Bertz CT molecular complexity index is 567. The van der Waals surface area contributed by atoms with E-state index in [4.69, 9.17) is 5.26 Å². The van der Waals surface area contributed by atoms with E-state index in [0.717, 1.165) is 25.1 Å². The number of hydrogen-bond acceptors (Lipinski definition) is 3. The van der Waals surface area contributed by atoms with Crippen LogP contribution in [0.3, 0.4) is 0 Å². The fraction of sp³-hybridized carbons (Fsp3) is 0.467. The Hall–Kier alpha value is -1.54. The van der Waals surface area contributed by atoms with Crippen molar-refractivity contribution in [2.75, 3.05) is 11.4 Å². The molecule has 0 aliphatic carbocycles. The monoisotopic (exact) mass is 336 g/mol. The number of carbonyl (C=O) groups is 1. The number of aliphatic carboxylic acids is 1. The minimum atomic E-state index is -0.803. The Kier molecular flexibility index (Phi) is 4.34. The van der Waals surface area contributed by atoms with Gasteiger partial charge in [0.1, 0.15) is 11.6 Å². The van der Waals surface area contributed by atoms with Crippen LogP contribution >= 0.6 is 15.9 Å². The molecule has 1 atom stereocenters. The lowest BCUT2D eigenvalue weighted by atomic mass is 9.90. The molecule has 1 saturated heterocycles. The third kappa shape index (κ3) is 2.40. The van der Waals surface area contributed by atoms with Crippen LogP contribution in [0.4, 0.5) is 5.69 Å². The van der Waals surface area contributed by atoms with Crippen molar-refractivity contribution in [1.82, 2.24) is 0 Å². The summed E-state index contributed by atoms with van der Waals surface area (Å²) in [5, 5.41) is 18.7. The van der Waals surface area contributed by atoms with Crippen molar-refractivity contribution in [3.63, 3.8) is 0 Å². The largest absolute Gasteiger partial charge is 0.479 e. The molecule has 106 valence electrons. The standard InChI is InChI=1S/C15H17BrN2O2/c1-2-6-15(14(19)20)7-3-8-18(15)12-5-4-11(10-17)13(16)9-12/h4-5,9H,2-3,6-8H2,1H3,(H,19,20). The molecule has 0 aromatic heterocycles. The van der Waals surface area contributed by atoms with Crippen molar-refractivity contribution in [3.05, 3.63) is 28.2 Å². The van der Waals surface area contributed by atoms with E-state index in [0.29, 0.717) is 22.9 Å². The molecule has 0 spiro atoms. The molecule has 0 saturated carbocycles. The number of anilines is 1. The first kappa shape index (κ1) is 14.9. The molecule has 20 heavy (non-hydrogen) atoms. The predicted molar refractivity (Wildman–Crippen MR) is 80.7 cm³/mol. The fourth-order valence-corrected chi connectivity index (χ4v) is 3.48. The van der Waals surface area contributed by atoms with Gasteiger partial charge in [-0.15, -0.1) is 0 Å². The van der Waals surface area contributed by atoms with Gasteiger partial charge in [-0.1, -0.05) is 13.3 Å². The molecule has 4 nitrogen and oxygen atoms in total. The first-order valence-electron chi connectivity index (χ1n) is 6.76. The second kappa shape index (κ2) is 5.84. The number of nitrogens with zero attached hydrogens (tertiary/aromatic N) is 2. The molecular formula is C15H17BrN2O2.